The van der Waals surface area contributed by atoms with Crippen LogP contribution in [0.4, 0.5) is 11.5 Å². The minimum Gasteiger partial charge on any atom is -0.329 e. The molecule has 1 aromatic heterocycles. The number of anilines is 2. The fraction of sp³-hybridized carbons (Fsp3) is 0.450. The van der Waals surface area contributed by atoms with Crippen LogP contribution in [0.3, 0.4) is 0 Å². The van der Waals surface area contributed by atoms with E-state index in [0.717, 1.165) is 18.1 Å². The summed E-state index contributed by atoms with van der Waals surface area (Å²) in [5, 5.41) is 3.53. The first-order chi connectivity index (χ1) is 11.7. The molecule has 1 spiro atoms. The van der Waals surface area contributed by atoms with E-state index in [2.05, 4.69) is 63.5 Å². The lowest BCUT2D eigenvalue weighted by molar-refractivity contribution is 0.268. The molecule has 3 heterocycles. The molecule has 2 fully saturated rings. The summed E-state index contributed by atoms with van der Waals surface area (Å²) in [7, 11) is 2.06. The van der Waals surface area contributed by atoms with Gasteiger partial charge in [-0.25, -0.2) is 4.98 Å². The molecular formula is C20H27ClN4. The van der Waals surface area contributed by atoms with Crippen molar-refractivity contribution in [1.82, 2.24) is 15.2 Å². The van der Waals surface area contributed by atoms with Crippen LogP contribution in [0.5, 0.6) is 0 Å². The highest BCUT2D eigenvalue weighted by atomic mass is 35.5. The number of nitrogens with one attached hydrogen (secondary N) is 1. The number of benzene rings is 1. The van der Waals surface area contributed by atoms with Crippen molar-refractivity contribution in [3.63, 3.8) is 0 Å². The summed E-state index contributed by atoms with van der Waals surface area (Å²) in [4.78, 5) is 9.38. The molecular weight excluding hydrogens is 332 g/mol. The molecule has 4 rings (SSSR count). The quantitative estimate of drug-likeness (QED) is 0.907. The second-order valence-corrected chi connectivity index (χ2v) is 7.31. The Hall–Kier alpha value is -1.62. The van der Waals surface area contributed by atoms with E-state index >= 15 is 0 Å². The van der Waals surface area contributed by atoms with Crippen molar-refractivity contribution in [2.45, 2.75) is 19.4 Å². The molecule has 1 N–H and O–H groups in total. The Morgan fingerprint density at radius 1 is 1.16 bits per heavy atom. The Kier molecular flexibility index (Phi) is 5.62. The zero-order valence-electron chi connectivity index (χ0n) is 14.8. The van der Waals surface area contributed by atoms with Crippen LogP contribution < -0.4 is 10.2 Å². The molecule has 1 unspecified atom stereocenters. The van der Waals surface area contributed by atoms with Gasteiger partial charge in [-0.2, -0.15) is 0 Å². The van der Waals surface area contributed by atoms with Crippen molar-refractivity contribution < 1.29 is 0 Å². The molecule has 134 valence electrons. The van der Waals surface area contributed by atoms with Crippen LogP contribution in [0.1, 0.15) is 18.4 Å². The van der Waals surface area contributed by atoms with Gasteiger partial charge >= 0.3 is 0 Å². The molecule has 2 aromatic rings. The molecule has 0 radical (unpaired) electrons. The number of nitrogens with zero attached hydrogens (tertiary/aromatic N) is 3. The Bertz CT molecular complexity index is 668. The first kappa shape index (κ1) is 18.2. The molecule has 2 saturated heterocycles. The zero-order valence-corrected chi connectivity index (χ0v) is 15.6. The molecule has 0 amide bonds. The first-order valence-electron chi connectivity index (χ1n) is 8.91. The van der Waals surface area contributed by atoms with Crippen LogP contribution >= 0.6 is 12.4 Å². The number of hydrogen-bond donors (Lipinski definition) is 1. The zero-order chi connectivity index (χ0) is 16.4. The van der Waals surface area contributed by atoms with Gasteiger partial charge in [-0.1, -0.05) is 24.3 Å². The summed E-state index contributed by atoms with van der Waals surface area (Å²) >= 11 is 0. The number of halogens is 1. The van der Waals surface area contributed by atoms with Gasteiger partial charge < -0.3 is 10.2 Å². The number of likely N-dealkylation sites (tertiary alicyclic amines) is 1. The Morgan fingerprint density at radius 3 is 2.68 bits per heavy atom. The number of pyridine rings is 1. The molecule has 0 aliphatic carbocycles. The second-order valence-electron chi connectivity index (χ2n) is 7.31. The third-order valence-corrected chi connectivity index (χ3v) is 5.55. The predicted molar refractivity (Wildman–Crippen MR) is 106 cm³/mol. The van der Waals surface area contributed by atoms with E-state index in [1.54, 1.807) is 0 Å². The normalized spacial score (nSPS) is 22.9. The van der Waals surface area contributed by atoms with Crippen LogP contribution in [0, 0.1) is 5.41 Å². The maximum Gasteiger partial charge on any atom is 0.132 e. The minimum atomic E-state index is 0. The van der Waals surface area contributed by atoms with Gasteiger partial charge in [0.1, 0.15) is 5.82 Å². The van der Waals surface area contributed by atoms with Crippen LogP contribution in [0.15, 0.2) is 48.7 Å². The van der Waals surface area contributed by atoms with E-state index in [9.17, 15) is 0 Å². The Balaban J connectivity index is 0.00000182. The number of para-hydroxylation sites is 1. The summed E-state index contributed by atoms with van der Waals surface area (Å²) in [6.45, 7) is 5.85. The van der Waals surface area contributed by atoms with Gasteiger partial charge in [0.25, 0.3) is 0 Å². The van der Waals surface area contributed by atoms with E-state index in [1.807, 2.05) is 12.3 Å². The maximum absolute atomic E-state index is 4.67. The van der Waals surface area contributed by atoms with E-state index in [1.165, 1.54) is 44.6 Å². The molecule has 5 heteroatoms. The van der Waals surface area contributed by atoms with Gasteiger partial charge in [-0.15, -0.1) is 12.4 Å². The number of aromatic nitrogens is 1. The average molecular weight is 359 g/mol. The van der Waals surface area contributed by atoms with Gasteiger partial charge in [-0.3, -0.25) is 4.90 Å². The average Bonchev–Trinajstić information content (AvgIpc) is 3.26. The highest BCUT2D eigenvalue weighted by Gasteiger charge is 2.39. The molecule has 25 heavy (non-hydrogen) atoms. The lowest BCUT2D eigenvalue weighted by Crippen LogP contribution is -2.29. The van der Waals surface area contributed by atoms with Crippen molar-refractivity contribution in [2.75, 3.05) is 38.1 Å². The standard InChI is InChI=1S/C20H26N4.ClH/c1-23(18-5-3-2-4-6-18)19-8-7-17(13-22-19)14-24-12-10-20(16-24)9-11-21-15-20;/h2-8,13,21H,9-12,14-16H2,1H3;1H. The van der Waals surface area contributed by atoms with E-state index in [4.69, 9.17) is 0 Å². The van der Waals surface area contributed by atoms with Gasteiger partial charge in [0.2, 0.25) is 0 Å². The first-order valence-corrected chi connectivity index (χ1v) is 8.91. The van der Waals surface area contributed by atoms with Crippen molar-refractivity contribution in [1.29, 1.82) is 0 Å². The van der Waals surface area contributed by atoms with Gasteiger partial charge in [0, 0.05) is 38.6 Å². The maximum atomic E-state index is 4.67. The minimum absolute atomic E-state index is 0. The lowest BCUT2D eigenvalue weighted by atomic mass is 9.87. The van der Waals surface area contributed by atoms with Crippen molar-refractivity contribution in [3.05, 3.63) is 54.2 Å². The van der Waals surface area contributed by atoms with Crippen molar-refractivity contribution in [3.8, 4) is 0 Å². The molecule has 2 aliphatic rings. The molecule has 4 nitrogen and oxygen atoms in total. The van der Waals surface area contributed by atoms with Crippen molar-refractivity contribution in [2.24, 2.45) is 5.41 Å². The Labute approximate surface area is 156 Å². The van der Waals surface area contributed by atoms with Crippen LogP contribution in [-0.2, 0) is 6.54 Å². The van der Waals surface area contributed by atoms with E-state index in [-0.39, 0.29) is 12.4 Å². The monoisotopic (exact) mass is 358 g/mol. The van der Waals surface area contributed by atoms with Crippen LogP contribution in [0.2, 0.25) is 0 Å². The highest BCUT2D eigenvalue weighted by Crippen LogP contribution is 2.36. The van der Waals surface area contributed by atoms with Gasteiger partial charge in [0.15, 0.2) is 0 Å². The third kappa shape index (κ3) is 3.97. The summed E-state index contributed by atoms with van der Waals surface area (Å²) in [6, 6.07) is 14.7. The summed E-state index contributed by atoms with van der Waals surface area (Å²) in [5.74, 6) is 0.989. The fourth-order valence-electron chi connectivity index (χ4n) is 4.06. The lowest BCUT2D eigenvalue weighted by Gasteiger charge is -2.23. The summed E-state index contributed by atoms with van der Waals surface area (Å²) in [6.07, 6.45) is 4.71. The molecule has 2 aliphatic heterocycles. The van der Waals surface area contributed by atoms with Crippen molar-refractivity contribution >= 4 is 23.9 Å². The molecule has 1 aromatic carbocycles. The second kappa shape index (κ2) is 7.73. The summed E-state index contributed by atoms with van der Waals surface area (Å²) < 4.78 is 0. The van der Waals surface area contributed by atoms with Gasteiger partial charge in [-0.05, 0) is 55.1 Å². The predicted octanol–water partition coefficient (Wildman–Crippen LogP) is 3.46. The van der Waals surface area contributed by atoms with Crippen LogP contribution in [-0.4, -0.2) is 43.1 Å². The largest absolute Gasteiger partial charge is 0.329 e. The molecule has 0 saturated carbocycles. The summed E-state index contributed by atoms with van der Waals surface area (Å²) in [5.41, 5.74) is 3.01. The Morgan fingerprint density at radius 2 is 2.00 bits per heavy atom. The van der Waals surface area contributed by atoms with Crippen LogP contribution in [0.25, 0.3) is 0 Å². The smallest absolute Gasteiger partial charge is 0.132 e. The topological polar surface area (TPSA) is 31.4 Å². The number of rotatable bonds is 4. The third-order valence-electron chi connectivity index (χ3n) is 5.55. The molecule has 0 bridgehead atoms. The van der Waals surface area contributed by atoms with E-state index < -0.39 is 0 Å². The molecule has 1 atom stereocenters. The highest BCUT2D eigenvalue weighted by molar-refractivity contribution is 5.85. The number of hydrogen-bond acceptors (Lipinski definition) is 4. The fourth-order valence-corrected chi connectivity index (χ4v) is 4.06. The van der Waals surface area contributed by atoms with Gasteiger partial charge in [0.05, 0.1) is 0 Å². The SMILES string of the molecule is CN(c1ccccc1)c1ccc(CN2CCC3(CCNC3)C2)cn1.Cl. The van der Waals surface area contributed by atoms with E-state index in [0.29, 0.717) is 5.41 Å².